The molecule has 4 fully saturated rings. The molecule has 2 spiro atoms. The molecule has 0 radical (unpaired) electrons. The quantitative estimate of drug-likeness (QED) is 0.704. The van der Waals surface area contributed by atoms with Crippen LogP contribution in [0, 0.1) is 28.2 Å². The zero-order chi connectivity index (χ0) is 23.6. The molecule has 1 saturated heterocycles. The van der Waals surface area contributed by atoms with E-state index >= 15 is 0 Å². The number of hydrogen-bond acceptors (Lipinski definition) is 6. The number of nitriles is 1. The van der Waals surface area contributed by atoms with Crippen LogP contribution in [0.25, 0.3) is 0 Å². The first-order valence-electron chi connectivity index (χ1n) is 12.3. The van der Waals surface area contributed by atoms with Crippen LogP contribution < -0.4 is 9.47 Å². The van der Waals surface area contributed by atoms with Gasteiger partial charge < -0.3 is 24.2 Å². The van der Waals surface area contributed by atoms with Gasteiger partial charge in [0.05, 0.1) is 12.7 Å². The van der Waals surface area contributed by atoms with Crippen molar-refractivity contribution in [2.24, 2.45) is 16.7 Å². The molecule has 7 rings (SSSR count). The van der Waals surface area contributed by atoms with Crippen molar-refractivity contribution < 1.29 is 19.3 Å². The third-order valence-corrected chi connectivity index (χ3v) is 10.9. The van der Waals surface area contributed by atoms with Crippen LogP contribution in [-0.2, 0) is 16.6 Å². The van der Waals surface area contributed by atoms with Crippen LogP contribution in [0.5, 0.6) is 11.5 Å². The van der Waals surface area contributed by atoms with Crippen molar-refractivity contribution in [2.45, 2.75) is 88.6 Å². The number of ether oxygens (including phenoxy) is 3. The largest absolute Gasteiger partial charge is 0.493 e. The normalized spacial score (nSPS) is 41.6. The molecule has 178 valence electrons. The highest BCUT2D eigenvalue weighted by molar-refractivity contribution is 5.63. The lowest BCUT2D eigenvalue weighted by Gasteiger charge is -2.75. The van der Waals surface area contributed by atoms with Gasteiger partial charge in [-0.25, -0.2) is 0 Å². The first-order chi connectivity index (χ1) is 15.5. The highest BCUT2D eigenvalue weighted by atomic mass is 16.6. The van der Waals surface area contributed by atoms with E-state index in [4.69, 9.17) is 14.2 Å². The third-order valence-electron chi connectivity index (χ3n) is 10.9. The maximum Gasteiger partial charge on any atom is 0.179 e. The minimum absolute atomic E-state index is 0.107. The Labute approximate surface area is 196 Å². The summed E-state index contributed by atoms with van der Waals surface area (Å²) in [5, 5.41) is 22.2. The van der Waals surface area contributed by atoms with E-state index in [-0.39, 0.29) is 34.3 Å². The average Bonchev–Trinajstić information content (AvgIpc) is 3.15. The maximum absolute atomic E-state index is 12.1. The molecule has 7 atom stereocenters. The maximum atomic E-state index is 12.1. The number of fused-ring (bicyclic) bond motifs is 2. The molecular formula is C27H36N2O4. The number of piperidine rings is 1. The molecule has 2 aliphatic heterocycles. The summed E-state index contributed by atoms with van der Waals surface area (Å²) in [4.78, 5) is 2.03. The van der Waals surface area contributed by atoms with Gasteiger partial charge in [-0.05, 0) is 56.1 Å². The molecule has 0 amide bonds. The summed E-state index contributed by atoms with van der Waals surface area (Å²) in [6.45, 7) is 9.05. The Balaban J connectivity index is 1.66. The molecule has 4 aliphatic carbocycles. The summed E-state index contributed by atoms with van der Waals surface area (Å²) in [5.74, 6) is 1.54. The van der Waals surface area contributed by atoms with Gasteiger partial charge in [0.1, 0.15) is 11.7 Å². The third kappa shape index (κ3) is 2.10. The second-order valence-corrected chi connectivity index (χ2v) is 12.3. The van der Waals surface area contributed by atoms with E-state index in [0.717, 1.165) is 50.1 Å². The van der Waals surface area contributed by atoms with Gasteiger partial charge in [-0.3, -0.25) is 0 Å². The fraction of sp³-hybridized carbons (Fsp3) is 0.741. The SMILES string of the molecule is COc1ccc2c3c1O[C@H]1[C@]4(OC)CCC5(C[C@@H]4C(C)(O)C(C)(C)C)[C@@H](C2)N(C#N)CC[C@]315. The number of rotatable bonds is 3. The molecule has 33 heavy (non-hydrogen) atoms. The lowest BCUT2D eigenvalue weighted by atomic mass is 9.33. The number of aliphatic hydroxyl groups is 1. The van der Waals surface area contributed by atoms with Crippen molar-refractivity contribution in [3.05, 3.63) is 23.3 Å². The first-order valence-corrected chi connectivity index (χ1v) is 12.3. The molecule has 0 aromatic heterocycles. The van der Waals surface area contributed by atoms with Gasteiger partial charge in [-0.2, -0.15) is 5.26 Å². The first kappa shape index (κ1) is 21.6. The summed E-state index contributed by atoms with van der Waals surface area (Å²) in [6.07, 6.45) is 6.68. The van der Waals surface area contributed by atoms with Crippen LogP contribution in [0.2, 0.25) is 0 Å². The van der Waals surface area contributed by atoms with Crippen LogP contribution in [0.3, 0.4) is 0 Å². The zero-order valence-electron chi connectivity index (χ0n) is 20.7. The van der Waals surface area contributed by atoms with E-state index < -0.39 is 11.2 Å². The topological polar surface area (TPSA) is 75.0 Å². The van der Waals surface area contributed by atoms with Gasteiger partial charge in [0.15, 0.2) is 17.7 Å². The van der Waals surface area contributed by atoms with Gasteiger partial charge >= 0.3 is 0 Å². The Morgan fingerprint density at radius 2 is 1.94 bits per heavy atom. The van der Waals surface area contributed by atoms with Crippen LogP contribution in [0.4, 0.5) is 0 Å². The molecule has 6 heteroatoms. The Morgan fingerprint density at radius 3 is 2.58 bits per heavy atom. The van der Waals surface area contributed by atoms with Crippen molar-refractivity contribution in [2.75, 3.05) is 20.8 Å². The predicted octanol–water partition coefficient (Wildman–Crippen LogP) is 3.79. The zero-order valence-corrected chi connectivity index (χ0v) is 20.7. The number of nitrogens with zero attached hydrogens (tertiary/aromatic N) is 2. The summed E-state index contributed by atoms with van der Waals surface area (Å²) in [5.41, 5.74) is 0.315. The van der Waals surface area contributed by atoms with Crippen LogP contribution in [-0.4, -0.2) is 54.1 Å². The van der Waals surface area contributed by atoms with Gasteiger partial charge in [0.2, 0.25) is 0 Å². The summed E-state index contributed by atoms with van der Waals surface area (Å²) in [6, 6.07) is 4.30. The van der Waals surface area contributed by atoms with Crippen molar-refractivity contribution in [1.29, 1.82) is 5.26 Å². The van der Waals surface area contributed by atoms with E-state index in [2.05, 4.69) is 33.0 Å². The molecule has 2 unspecified atom stereocenters. The number of methoxy groups -OCH3 is 2. The lowest BCUT2D eigenvalue weighted by molar-refractivity contribution is -0.309. The van der Waals surface area contributed by atoms with E-state index in [1.54, 1.807) is 14.2 Å². The molecule has 1 aromatic rings. The Kier molecular flexibility index (Phi) is 4.03. The Bertz CT molecular complexity index is 1070. The predicted molar refractivity (Wildman–Crippen MR) is 123 cm³/mol. The fourth-order valence-electron chi connectivity index (χ4n) is 8.91. The minimum atomic E-state index is -0.966. The highest BCUT2D eigenvalue weighted by Gasteiger charge is 2.82. The second kappa shape index (κ2) is 6.17. The van der Waals surface area contributed by atoms with Crippen molar-refractivity contribution in [1.82, 2.24) is 4.90 Å². The summed E-state index contributed by atoms with van der Waals surface area (Å²) in [7, 11) is 3.50. The van der Waals surface area contributed by atoms with Crippen LogP contribution in [0.1, 0.15) is 64.5 Å². The molecule has 3 saturated carbocycles. The molecular weight excluding hydrogens is 416 g/mol. The summed E-state index contributed by atoms with van der Waals surface area (Å²) >= 11 is 0. The lowest BCUT2D eigenvalue weighted by Crippen LogP contribution is -2.83. The molecule has 6 aliphatic rings. The minimum Gasteiger partial charge on any atom is -0.493 e. The standard InChI is InChI=1S/C27H36N2O4/c1-23(2,3)24(4,30)18-14-25-9-10-27(18,32-6)22-26(25)11-12-29(15-28)19(25)13-16-7-8-17(31-5)21(33-22)20(16)26/h7-8,18-19,22,30H,9-14H2,1-6H3/t18-,19-,22-,24?,25?,26+,27+/m1/s1. The van der Waals surface area contributed by atoms with Crippen molar-refractivity contribution in [3.63, 3.8) is 0 Å². The van der Waals surface area contributed by atoms with Gasteiger partial charge in [0.25, 0.3) is 0 Å². The van der Waals surface area contributed by atoms with E-state index in [0.29, 0.717) is 0 Å². The van der Waals surface area contributed by atoms with Gasteiger partial charge in [-0.1, -0.05) is 26.8 Å². The highest BCUT2D eigenvalue weighted by Crippen LogP contribution is 2.77. The van der Waals surface area contributed by atoms with Gasteiger partial charge in [-0.15, -0.1) is 0 Å². The van der Waals surface area contributed by atoms with Crippen LogP contribution in [0.15, 0.2) is 12.1 Å². The monoisotopic (exact) mass is 452 g/mol. The summed E-state index contributed by atoms with van der Waals surface area (Å²) < 4.78 is 19.3. The van der Waals surface area contributed by atoms with Crippen molar-refractivity contribution >= 4 is 0 Å². The smallest absolute Gasteiger partial charge is 0.179 e. The van der Waals surface area contributed by atoms with Gasteiger partial charge in [0, 0.05) is 42.0 Å². The van der Waals surface area contributed by atoms with E-state index in [9.17, 15) is 10.4 Å². The Hall–Kier alpha value is -1.97. The van der Waals surface area contributed by atoms with Crippen LogP contribution >= 0.6 is 0 Å². The second-order valence-electron chi connectivity index (χ2n) is 12.3. The molecule has 4 bridgehead atoms. The Morgan fingerprint density at radius 1 is 1.18 bits per heavy atom. The van der Waals surface area contributed by atoms with Crippen molar-refractivity contribution in [3.8, 4) is 17.7 Å². The number of likely N-dealkylation sites (tertiary alicyclic amines) is 1. The van der Waals surface area contributed by atoms with E-state index in [1.807, 2.05) is 17.9 Å². The molecule has 2 heterocycles. The van der Waals surface area contributed by atoms with E-state index in [1.165, 1.54) is 11.1 Å². The molecule has 6 nitrogen and oxygen atoms in total. The molecule has 1 N–H and O–H groups in total. The fourth-order valence-corrected chi connectivity index (χ4v) is 8.91. The number of benzene rings is 1. The molecule has 1 aromatic carbocycles. The number of hydrogen-bond donors (Lipinski definition) is 1. The average molecular weight is 453 g/mol.